The van der Waals surface area contributed by atoms with E-state index in [1.54, 1.807) is 6.92 Å². The topological polar surface area (TPSA) is 68.3 Å². The molecule has 0 saturated carbocycles. The zero-order valence-corrected chi connectivity index (χ0v) is 13.9. The summed E-state index contributed by atoms with van der Waals surface area (Å²) in [7, 11) is 11.2. The number of ether oxygens (including phenoxy) is 3. The first-order chi connectivity index (χ1) is 9.72. The molecule has 0 heterocycles. The van der Waals surface area contributed by atoms with Gasteiger partial charge in [0.2, 0.25) is 0 Å². The quantitative estimate of drug-likeness (QED) is 0.177. The molecule has 0 radical (unpaired) electrons. The van der Waals surface area contributed by atoms with Crippen molar-refractivity contribution in [2.45, 2.75) is 6.92 Å². The smallest absolute Gasteiger partial charge is 0.345 e. The molecule has 0 saturated heterocycles. The predicted octanol–water partition coefficient (Wildman–Crippen LogP) is 0.588. The Morgan fingerprint density at radius 2 is 1.14 bits per heavy atom. The molecule has 0 aliphatic rings. The average molecular weight is 300 g/mol. The maximum absolute atomic E-state index is 11.9. The Labute approximate surface area is 125 Å². The van der Waals surface area contributed by atoms with Gasteiger partial charge in [-0.25, -0.2) is 9.59 Å². The van der Waals surface area contributed by atoms with Gasteiger partial charge in [-0.1, -0.05) is 0 Å². The standard InChI is InChI=1S/C14H24N2O5/c1-9(10(13(17)20-7)14(18)21-8)11(19-6)12(15(2)3)16(4)5/h1-8H3. The summed E-state index contributed by atoms with van der Waals surface area (Å²) in [5, 5.41) is 0. The molecule has 0 unspecified atom stereocenters. The first kappa shape index (κ1) is 18.8. The molecule has 0 rings (SSSR count). The van der Waals surface area contributed by atoms with Gasteiger partial charge in [0.25, 0.3) is 0 Å². The molecule has 0 N–H and O–H groups in total. The van der Waals surface area contributed by atoms with E-state index in [0.717, 1.165) is 0 Å². The molecule has 0 atom stereocenters. The second-order valence-electron chi connectivity index (χ2n) is 4.63. The Morgan fingerprint density at radius 1 is 0.762 bits per heavy atom. The van der Waals surface area contributed by atoms with Gasteiger partial charge in [-0.2, -0.15) is 0 Å². The summed E-state index contributed by atoms with van der Waals surface area (Å²) in [5.74, 6) is -0.465. The van der Waals surface area contributed by atoms with E-state index in [0.29, 0.717) is 17.2 Å². The van der Waals surface area contributed by atoms with E-state index in [1.165, 1.54) is 21.3 Å². The van der Waals surface area contributed by atoms with Gasteiger partial charge in [0, 0.05) is 33.8 Å². The minimum absolute atomic E-state index is 0.196. The van der Waals surface area contributed by atoms with Crippen LogP contribution in [0.4, 0.5) is 0 Å². The highest BCUT2D eigenvalue weighted by molar-refractivity contribution is 6.15. The van der Waals surface area contributed by atoms with Crippen molar-refractivity contribution in [3.63, 3.8) is 0 Å². The van der Waals surface area contributed by atoms with E-state index in [1.807, 2.05) is 38.0 Å². The van der Waals surface area contributed by atoms with Crippen LogP contribution in [0.2, 0.25) is 0 Å². The lowest BCUT2D eigenvalue weighted by Crippen LogP contribution is -2.28. The fourth-order valence-corrected chi connectivity index (χ4v) is 1.93. The first-order valence-corrected chi connectivity index (χ1v) is 6.23. The van der Waals surface area contributed by atoms with Crippen molar-refractivity contribution in [1.82, 2.24) is 9.80 Å². The molecule has 0 aromatic rings. The van der Waals surface area contributed by atoms with Gasteiger partial charge >= 0.3 is 11.9 Å². The largest absolute Gasteiger partial charge is 0.493 e. The van der Waals surface area contributed by atoms with Crippen LogP contribution in [0.25, 0.3) is 0 Å². The number of allylic oxidation sites excluding steroid dienone is 1. The monoisotopic (exact) mass is 300 g/mol. The van der Waals surface area contributed by atoms with Crippen molar-refractivity contribution >= 4 is 11.9 Å². The Bertz CT molecular complexity index is 436. The number of nitrogens with zero attached hydrogens (tertiary/aromatic N) is 2. The second kappa shape index (κ2) is 8.18. The van der Waals surface area contributed by atoms with Crippen molar-refractivity contribution in [3.05, 3.63) is 22.7 Å². The molecule has 0 amide bonds. The Morgan fingerprint density at radius 3 is 1.38 bits per heavy atom. The fourth-order valence-electron chi connectivity index (χ4n) is 1.93. The van der Waals surface area contributed by atoms with Crippen LogP contribution in [0.1, 0.15) is 6.92 Å². The maximum Gasteiger partial charge on any atom is 0.345 e. The van der Waals surface area contributed by atoms with Crippen molar-refractivity contribution < 1.29 is 23.8 Å². The van der Waals surface area contributed by atoms with Crippen LogP contribution in [-0.2, 0) is 23.8 Å². The molecule has 0 bridgehead atoms. The summed E-state index contributed by atoms with van der Waals surface area (Å²) in [6.07, 6.45) is 0. The maximum atomic E-state index is 11.9. The highest BCUT2D eigenvalue weighted by Gasteiger charge is 2.27. The molecular weight excluding hydrogens is 276 g/mol. The molecule has 0 aliphatic heterocycles. The average Bonchev–Trinajstić information content (AvgIpc) is 2.42. The molecule has 0 aliphatic carbocycles. The SMILES string of the molecule is COC(=O)C(C(=O)OC)=C(C)C(OC)=C(N(C)C)N(C)C. The Balaban J connectivity index is 6.35. The summed E-state index contributed by atoms with van der Waals surface area (Å²) in [5.41, 5.74) is 0.145. The Hall–Kier alpha value is -2.18. The predicted molar refractivity (Wildman–Crippen MR) is 78.1 cm³/mol. The lowest BCUT2D eigenvalue weighted by atomic mass is 10.1. The Kier molecular flexibility index (Phi) is 7.33. The third kappa shape index (κ3) is 4.40. The van der Waals surface area contributed by atoms with Gasteiger partial charge in [-0.3, -0.25) is 0 Å². The third-order valence-corrected chi connectivity index (χ3v) is 2.75. The van der Waals surface area contributed by atoms with Gasteiger partial charge in [0.05, 0.1) is 21.3 Å². The van der Waals surface area contributed by atoms with Crippen LogP contribution in [0.5, 0.6) is 0 Å². The summed E-state index contributed by atoms with van der Waals surface area (Å²) in [6.45, 7) is 1.61. The van der Waals surface area contributed by atoms with Gasteiger partial charge in [-0.15, -0.1) is 0 Å². The number of esters is 2. The summed E-state index contributed by atoms with van der Waals surface area (Å²) in [6, 6.07) is 0. The second-order valence-corrected chi connectivity index (χ2v) is 4.63. The zero-order chi connectivity index (χ0) is 16.7. The minimum atomic E-state index is -0.772. The van der Waals surface area contributed by atoms with Gasteiger partial charge in [-0.05, 0) is 6.92 Å². The molecule has 7 nitrogen and oxygen atoms in total. The molecule has 0 spiro atoms. The van der Waals surface area contributed by atoms with Gasteiger partial charge in [0.15, 0.2) is 11.3 Å². The zero-order valence-electron chi connectivity index (χ0n) is 13.9. The molecule has 21 heavy (non-hydrogen) atoms. The fraction of sp³-hybridized carbons (Fsp3) is 0.571. The number of hydrogen-bond donors (Lipinski definition) is 0. The van der Waals surface area contributed by atoms with Crippen LogP contribution in [-0.4, -0.2) is 71.3 Å². The normalized spacial score (nSPS) is 9.33. The lowest BCUT2D eigenvalue weighted by molar-refractivity contribution is -0.144. The van der Waals surface area contributed by atoms with E-state index in [2.05, 4.69) is 9.47 Å². The van der Waals surface area contributed by atoms with E-state index in [4.69, 9.17) is 4.74 Å². The number of carbonyl (C=O) groups is 2. The van der Waals surface area contributed by atoms with Crippen molar-refractivity contribution in [2.75, 3.05) is 49.5 Å². The van der Waals surface area contributed by atoms with Crippen LogP contribution in [0.15, 0.2) is 22.7 Å². The summed E-state index contributed by atoms with van der Waals surface area (Å²) >= 11 is 0. The first-order valence-electron chi connectivity index (χ1n) is 6.23. The number of carbonyl (C=O) groups excluding carboxylic acids is 2. The van der Waals surface area contributed by atoms with Crippen LogP contribution >= 0.6 is 0 Å². The van der Waals surface area contributed by atoms with E-state index >= 15 is 0 Å². The van der Waals surface area contributed by atoms with Crippen LogP contribution in [0.3, 0.4) is 0 Å². The van der Waals surface area contributed by atoms with E-state index in [9.17, 15) is 9.59 Å². The lowest BCUT2D eigenvalue weighted by Gasteiger charge is -2.27. The molecule has 0 fully saturated rings. The highest BCUT2D eigenvalue weighted by atomic mass is 16.5. The van der Waals surface area contributed by atoms with Gasteiger partial charge in [0.1, 0.15) is 5.82 Å². The number of rotatable bonds is 6. The van der Waals surface area contributed by atoms with Crippen molar-refractivity contribution in [3.8, 4) is 0 Å². The van der Waals surface area contributed by atoms with E-state index in [-0.39, 0.29) is 5.57 Å². The summed E-state index contributed by atoms with van der Waals surface area (Å²) < 4.78 is 14.7. The summed E-state index contributed by atoms with van der Waals surface area (Å²) in [4.78, 5) is 27.3. The molecule has 0 aromatic carbocycles. The van der Waals surface area contributed by atoms with Crippen molar-refractivity contribution in [1.29, 1.82) is 0 Å². The van der Waals surface area contributed by atoms with Gasteiger partial charge < -0.3 is 24.0 Å². The number of hydrogen-bond acceptors (Lipinski definition) is 7. The van der Waals surface area contributed by atoms with Crippen LogP contribution in [0, 0.1) is 0 Å². The molecular formula is C14H24N2O5. The van der Waals surface area contributed by atoms with E-state index < -0.39 is 11.9 Å². The molecule has 0 aromatic heterocycles. The molecule has 7 heteroatoms. The highest BCUT2D eigenvalue weighted by Crippen LogP contribution is 2.23. The van der Waals surface area contributed by atoms with Crippen molar-refractivity contribution in [2.24, 2.45) is 0 Å². The van der Waals surface area contributed by atoms with Crippen LogP contribution < -0.4 is 0 Å². The third-order valence-electron chi connectivity index (χ3n) is 2.75. The molecule has 120 valence electrons. The minimum Gasteiger partial charge on any atom is -0.493 e. The number of methoxy groups -OCH3 is 3.